The quantitative estimate of drug-likeness (QED) is 0.667. The van der Waals surface area contributed by atoms with Gasteiger partial charge in [0.1, 0.15) is 0 Å². The second kappa shape index (κ2) is 7.09. The maximum Gasteiger partial charge on any atom is 1.00 e. The molecule has 1 rings (SSSR count). The molecular weight excluding hydrogens is 336 g/mol. The molecule has 1 fully saturated rings. The molecule has 1 saturated heterocycles. The molecule has 0 atom stereocenters. The van der Waals surface area contributed by atoms with Crippen molar-refractivity contribution in [1.29, 1.82) is 0 Å². The van der Waals surface area contributed by atoms with Crippen molar-refractivity contribution in [2.24, 2.45) is 0 Å². The Kier molecular flexibility index (Phi) is 8.10. The Morgan fingerprint density at radius 2 is 1.16 bits per heavy atom. The summed E-state index contributed by atoms with van der Waals surface area (Å²) in [6.07, 6.45) is 3.18. The molecule has 0 aromatic heterocycles. The summed E-state index contributed by atoms with van der Waals surface area (Å²) in [4.78, 5) is 0. The SMILES string of the molecule is C[Si](C)(C)[Si-]1CCCC[Si]1([Si](C)(C)C)[Si](C)(C)C.[K+]. The summed E-state index contributed by atoms with van der Waals surface area (Å²) in [6.45, 7) is 23.8. The first-order chi connectivity index (χ1) is 7.84. The average molecular weight is 371 g/mol. The summed E-state index contributed by atoms with van der Waals surface area (Å²) in [5.41, 5.74) is 0. The number of hydrogen-bond donors (Lipinski definition) is 0. The van der Waals surface area contributed by atoms with Crippen LogP contribution in [0.4, 0.5) is 0 Å². The molecule has 1 heterocycles. The fraction of sp³-hybridized carbons (Fsp3) is 1.00. The Balaban J connectivity index is 0.00000324. The third-order valence-corrected chi connectivity index (χ3v) is 90.3. The first kappa shape index (κ1) is 21.7. The largest absolute Gasteiger partial charge is 1.00 e. The van der Waals surface area contributed by atoms with Crippen LogP contribution < -0.4 is 51.4 Å². The van der Waals surface area contributed by atoms with E-state index in [2.05, 4.69) is 58.9 Å². The number of rotatable bonds is 3. The standard InChI is InChI=1S/C13H35Si5.K/c1-15(2,3)14-12-10-11-13-18(14,16(4,5)6)17(7,8)9;/h10-13H2,1-9H3;/q-1;+1. The third kappa shape index (κ3) is 4.38. The van der Waals surface area contributed by atoms with E-state index in [4.69, 9.17) is 0 Å². The first-order valence-electron chi connectivity index (χ1n) is 7.71. The van der Waals surface area contributed by atoms with Crippen molar-refractivity contribution < 1.29 is 51.4 Å². The van der Waals surface area contributed by atoms with Crippen molar-refractivity contribution >= 4 is 37.2 Å². The van der Waals surface area contributed by atoms with Gasteiger partial charge < -0.3 is 0 Å². The van der Waals surface area contributed by atoms with E-state index < -0.39 is 29.4 Å². The van der Waals surface area contributed by atoms with Crippen LogP contribution in [0.1, 0.15) is 12.8 Å². The van der Waals surface area contributed by atoms with Gasteiger partial charge in [-0.15, -0.1) is 14.2 Å². The van der Waals surface area contributed by atoms with Crippen LogP contribution in [0.15, 0.2) is 0 Å². The van der Waals surface area contributed by atoms with Gasteiger partial charge in [0.25, 0.3) is 0 Å². The molecule has 0 N–H and O–H groups in total. The Morgan fingerprint density at radius 3 is 1.42 bits per heavy atom. The smallest absolute Gasteiger partial charge is 0.258 e. The van der Waals surface area contributed by atoms with Crippen LogP contribution in [0.5, 0.6) is 0 Å². The van der Waals surface area contributed by atoms with E-state index in [9.17, 15) is 0 Å². The second-order valence-electron chi connectivity index (χ2n) is 9.34. The maximum absolute atomic E-state index is 2.76. The molecule has 0 bridgehead atoms. The normalized spacial score (nSPS) is 21.9. The van der Waals surface area contributed by atoms with E-state index in [1.165, 1.54) is 0 Å². The summed E-state index contributed by atoms with van der Waals surface area (Å²) in [5, 5.41) is 0. The molecule has 0 saturated carbocycles. The zero-order chi connectivity index (χ0) is 14.4. The van der Waals surface area contributed by atoms with Crippen LogP contribution in [0.2, 0.25) is 71.0 Å². The molecule has 1 aliphatic rings. The van der Waals surface area contributed by atoms with E-state index in [0.717, 1.165) is 0 Å². The van der Waals surface area contributed by atoms with Crippen LogP contribution in [0.25, 0.3) is 0 Å². The first-order valence-corrected chi connectivity index (χ1v) is 26.1. The summed E-state index contributed by atoms with van der Waals surface area (Å²) >= 11 is 0. The maximum atomic E-state index is 2.76. The van der Waals surface area contributed by atoms with Crippen molar-refractivity contribution in [2.45, 2.75) is 83.9 Å². The predicted octanol–water partition coefficient (Wildman–Crippen LogP) is 2.06. The van der Waals surface area contributed by atoms with E-state index >= 15 is 0 Å². The van der Waals surface area contributed by atoms with Crippen molar-refractivity contribution in [1.82, 2.24) is 0 Å². The molecule has 0 unspecified atom stereocenters. The van der Waals surface area contributed by atoms with E-state index in [0.29, 0.717) is 0 Å². The summed E-state index contributed by atoms with van der Waals surface area (Å²) < 4.78 is 0. The molecule has 108 valence electrons. The van der Waals surface area contributed by atoms with Gasteiger partial charge in [0, 0.05) is 15.2 Å². The van der Waals surface area contributed by atoms with Crippen molar-refractivity contribution in [3.63, 3.8) is 0 Å². The van der Waals surface area contributed by atoms with E-state index in [1.807, 2.05) is 0 Å². The molecule has 0 aliphatic carbocycles. The van der Waals surface area contributed by atoms with Gasteiger partial charge in [0.05, 0.1) is 0 Å². The molecule has 0 aromatic carbocycles. The third-order valence-electron chi connectivity index (χ3n) is 5.21. The molecule has 0 nitrogen and oxygen atoms in total. The van der Waals surface area contributed by atoms with Gasteiger partial charge in [0.15, 0.2) is 0 Å². The Bertz CT molecular complexity index is 284. The van der Waals surface area contributed by atoms with Gasteiger partial charge in [-0.3, -0.25) is 7.83 Å². The summed E-state index contributed by atoms with van der Waals surface area (Å²) in [6, 6.07) is 3.46. The minimum Gasteiger partial charge on any atom is -0.258 e. The zero-order valence-corrected chi connectivity index (χ0v) is 23.5. The van der Waals surface area contributed by atoms with Crippen molar-refractivity contribution in [3.05, 3.63) is 0 Å². The average Bonchev–Trinajstić information content (AvgIpc) is 2.12. The molecular formula is C13H35KSi5. The van der Waals surface area contributed by atoms with Crippen LogP contribution in [-0.2, 0) is 0 Å². The van der Waals surface area contributed by atoms with Gasteiger partial charge in [-0.05, 0) is 0 Å². The van der Waals surface area contributed by atoms with Crippen LogP contribution >= 0.6 is 0 Å². The Hall–Kier alpha value is 2.72. The molecule has 19 heavy (non-hydrogen) atoms. The van der Waals surface area contributed by atoms with Crippen LogP contribution in [0, 0.1) is 0 Å². The Morgan fingerprint density at radius 1 is 0.737 bits per heavy atom. The van der Waals surface area contributed by atoms with Crippen molar-refractivity contribution in [3.8, 4) is 0 Å². The minimum absolute atomic E-state index is 0. The number of hydrogen-bond acceptors (Lipinski definition) is 0. The van der Waals surface area contributed by atoms with Crippen LogP contribution in [0.3, 0.4) is 0 Å². The molecule has 1 aliphatic heterocycles. The van der Waals surface area contributed by atoms with Gasteiger partial charge in [-0.25, -0.2) is 0 Å². The fourth-order valence-corrected chi connectivity index (χ4v) is 134. The molecule has 0 aromatic rings. The topological polar surface area (TPSA) is 0 Å². The van der Waals surface area contributed by atoms with Crippen molar-refractivity contribution in [2.75, 3.05) is 0 Å². The summed E-state index contributed by atoms with van der Waals surface area (Å²) in [5.74, 6) is 0. The predicted molar refractivity (Wildman–Crippen MR) is 100 cm³/mol. The molecule has 0 amide bonds. The molecule has 6 heteroatoms. The monoisotopic (exact) mass is 370 g/mol. The van der Waals surface area contributed by atoms with Gasteiger partial charge in [-0.1, -0.05) is 77.8 Å². The second-order valence-corrected chi connectivity index (χ2v) is 57.4. The van der Waals surface area contributed by atoms with E-state index in [1.54, 1.807) is 24.9 Å². The Labute approximate surface area is 170 Å². The molecule has 0 spiro atoms. The van der Waals surface area contributed by atoms with Gasteiger partial charge in [-0.2, -0.15) is 6.04 Å². The zero-order valence-electron chi connectivity index (χ0n) is 15.3. The van der Waals surface area contributed by atoms with Gasteiger partial charge in [0.2, 0.25) is 0 Å². The fourth-order valence-electron chi connectivity index (χ4n) is 4.85. The minimum atomic E-state index is -0.934. The summed E-state index contributed by atoms with van der Waals surface area (Å²) in [7, 11) is -2.72. The van der Waals surface area contributed by atoms with Crippen LogP contribution in [-0.4, -0.2) is 37.2 Å². The molecule has 0 radical (unpaired) electrons. The van der Waals surface area contributed by atoms with Gasteiger partial charge >= 0.3 is 51.4 Å². The van der Waals surface area contributed by atoms with E-state index in [-0.39, 0.29) is 59.2 Å².